The van der Waals surface area contributed by atoms with Crippen molar-refractivity contribution in [2.75, 3.05) is 18.1 Å². The molecule has 1 amide bonds. The molecule has 0 saturated carbocycles. The number of rotatable bonds is 4. The molecule has 0 radical (unpaired) electrons. The van der Waals surface area contributed by atoms with E-state index in [0.29, 0.717) is 17.9 Å². The van der Waals surface area contributed by atoms with Crippen LogP contribution in [0.2, 0.25) is 0 Å². The number of nitrogens with zero attached hydrogens (tertiary/aromatic N) is 2. The van der Waals surface area contributed by atoms with Gasteiger partial charge >= 0.3 is 5.97 Å². The van der Waals surface area contributed by atoms with Gasteiger partial charge in [0, 0.05) is 23.2 Å². The van der Waals surface area contributed by atoms with Crippen LogP contribution >= 0.6 is 11.3 Å². The van der Waals surface area contributed by atoms with Crippen molar-refractivity contribution >= 4 is 28.9 Å². The Kier molecular flexibility index (Phi) is 4.53. The lowest BCUT2D eigenvalue weighted by Gasteiger charge is -2.17. The standard InChI is InChI=1S/C20H18N2O4S/c1-12-16(6-8-25-12)20(24)26-10-19(23)22-7-5-15-9-14(3-4-18(15)22)17-11-27-13(2)21-17/h3-4,6,8-9,11H,5,7,10H2,1-2H3. The van der Waals surface area contributed by atoms with E-state index in [1.54, 1.807) is 23.2 Å². The van der Waals surface area contributed by atoms with E-state index >= 15 is 0 Å². The molecular weight excluding hydrogens is 364 g/mol. The molecule has 7 heteroatoms. The number of amides is 1. The van der Waals surface area contributed by atoms with Crippen LogP contribution < -0.4 is 4.90 Å². The van der Waals surface area contributed by atoms with E-state index in [1.807, 2.05) is 24.4 Å². The van der Waals surface area contributed by atoms with E-state index in [0.717, 1.165) is 33.9 Å². The van der Waals surface area contributed by atoms with Gasteiger partial charge in [0.15, 0.2) is 6.61 Å². The quantitative estimate of drug-likeness (QED) is 0.643. The minimum atomic E-state index is -0.553. The second-order valence-corrected chi connectivity index (χ2v) is 7.42. The van der Waals surface area contributed by atoms with E-state index in [4.69, 9.17) is 9.15 Å². The molecular formula is C20H18N2O4S. The van der Waals surface area contributed by atoms with Crippen molar-refractivity contribution in [2.24, 2.45) is 0 Å². The van der Waals surface area contributed by atoms with Crippen LogP contribution in [-0.4, -0.2) is 30.0 Å². The summed E-state index contributed by atoms with van der Waals surface area (Å²) in [5.74, 6) is -0.312. The molecule has 0 unspecified atom stereocenters. The maximum Gasteiger partial charge on any atom is 0.342 e. The Morgan fingerprint density at radius 2 is 2.15 bits per heavy atom. The minimum Gasteiger partial charge on any atom is -0.469 e. The van der Waals surface area contributed by atoms with Gasteiger partial charge in [-0.3, -0.25) is 4.79 Å². The number of carbonyl (C=O) groups excluding carboxylic acids is 2. The van der Waals surface area contributed by atoms with Crippen molar-refractivity contribution < 1.29 is 18.7 Å². The smallest absolute Gasteiger partial charge is 0.342 e. The third kappa shape index (κ3) is 3.38. The first-order chi connectivity index (χ1) is 13.0. The van der Waals surface area contributed by atoms with Gasteiger partial charge in [-0.05, 0) is 44.0 Å². The first-order valence-corrected chi connectivity index (χ1v) is 9.48. The highest BCUT2D eigenvalue weighted by Gasteiger charge is 2.26. The van der Waals surface area contributed by atoms with E-state index in [2.05, 4.69) is 11.1 Å². The number of aromatic nitrogens is 1. The van der Waals surface area contributed by atoms with Gasteiger partial charge in [-0.15, -0.1) is 11.3 Å². The molecule has 0 spiro atoms. The number of benzene rings is 1. The molecule has 1 aliphatic rings. The second-order valence-electron chi connectivity index (χ2n) is 6.36. The van der Waals surface area contributed by atoms with Crippen LogP contribution in [-0.2, 0) is 16.0 Å². The summed E-state index contributed by atoms with van der Waals surface area (Å²) in [5, 5.41) is 3.06. The molecule has 138 valence electrons. The molecule has 0 atom stereocenters. The van der Waals surface area contributed by atoms with Crippen LogP contribution in [0.15, 0.2) is 40.3 Å². The van der Waals surface area contributed by atoms with Gasteiger partial charge in [0.1, 0.15) is 11.3 Å². The Bertz CT molecular complexity index is 1020. The first-order valence-electron chi connectivity index (χ1n) is 8.60. The van der Waals surface area contributed by atoms with E-state index in [9.17, 15) is 9.59 Å². The van der Waals surface area contributed by atoms with Gasteiger partial charge in [-0.2, -0.15) is 0 Å². The highest BCUT2D eigenvalue weighted by atomic mass is 32.1. The Morgan fingerprint density at radius 3 is 2.85 bits per heavy atom. The molecule has 2 aromatic heterocycles. The number of anilines is 1. The molecule has 27 heavy (non-hydrogen) atoms. The van der Waals surface area contributed by atoms with Crippen molar-refractivity contribution in [1.29, 1.82) is 0 Å². The summed E-state index contributed by atoms with van der Waals surface area (Å²) in [4.78, 5) is 30.8. The second kappa shape index (κ2) is 7.00. The molecule has 0 N–H and O–H groups in total. The van der Waals surface area contributed by atoms with E-state index in [-0.39, 0.29) is 12.5 Å². The van der Waals surface area contributed by atoms with Crippen LogP contribution in [0.25, 0.3) is 11.3 Å². The molecule has 3 aromatic rings. The van der Waals surface area contributed by atoms with Crippen molar-refractivity contribution in [2.45, 2.75) is 20.3 Å². The number of ether oxygens (including phenoxy) is 1. The lowest BCUT2D eigenvalue weighted by molar-refractivity contribution is -0.121. The number of hydrogen-bond donors (Lipinski definition) is 0. The number of fused-ring (bicyclic) bond motifs is 1. The van der Waals surface area contributed by atoms with Gasteiger partial charge in [0.2, 0.25) is 0 Å². The SMILES string of the molecule is Cc1nc(-c2ccc3c(c2)CCN3C(=O)COC(=O)c2ccoc2C)cs1. The minimum absolute atomic E-state index is 0.236. The number of esters is 1. The summed E-state index contributed by atoms with van der Waals surface area (Å²) in [5.41, 5.74) is 4.31. The lowest BCUT2D eigenvalue weighted by atomic mass is 10.1. The third-order valence-corrected chi connectivity index (χ3v) is 5.37. The van der Waals surface area contributed by atoms with E-state index < -0.39 is 5.97 Å². The molecule has 6 nitrogen and oxygen atoms in total. The largest absolute Gasteiger partial charge is 0.469 e. The molecule has 3 heterocycles. The number of aryl methyl sites for hydroxylation is 2. The van der Waals surface area contributed by atoms with Crippen molar-refractivity contribution in [3.05, 3.63) is 57.8 Å². The zero-order chi connectivity index (χ0) is 19.0. The van der Waals surface area contributed by atoms with Gasteiger partial charge in [0.05, 0.1) is 17.0 Å². The Labute approximate surface area is 160 Å². The van der Waals surface area contributed by atoms with Crippen LogP contribution in [0.3, 0.4) is 0 Å². The fraction of sp³-hybridized carbons (Fsp3) is 0.250. The van der Waals surface area contributed by atoms with Gasteiger partial charge in [0.25, 0.3) is 5.91 Å². The number of carbonyl (C=O) groups is 2. The van der Waals surface area contributed by atoms with Crippen LogP contribution in [0.4, 0.5) is 5.69 Å². The fourth-order valence-corrected chi connectivity index (χ4v) is 3.82. The molecule has 1 aliphatic heterocycles. The van der Waals surface area contributed by atoms with Crippen molar-refractivity contribution in [3.8, 4) is 11.3 Å². The molecule has 0 bridgehead atoms. The van der Waals surface area contributed by atoms with Crippen LogP contribution in [0, 0.1) is 13.8 Å². The summed E-state index contributed by atoms with van der Waals surface area (Å²) >= 11 is 1.62. The summed E-state index contributed by atoms with van der Waals surface area (Å²) in [6.07, 6.45) is 2.19. The van der Waals surface area contributed by atoms with E-state index in [1.165, 1.54) is 12.3 Å². The maximum absolute atomic E-state index is 12.5. The van der Waals surface area contributed by atoms with Crippen LogP contribution in [0.1, 0.15) is 26.7 Å². The topological polar surface area (TPSA) is 72.6 Å². The number of furan rings is 1. The summed E-state index contributed by atoms with van der Waals surface area (Å²) in [7, 11) is 0. The van der Waals surface area contributed by atoms with Crippen molar-refractivity contribution in [3.63, 3.8) is 0 Å². The average molecular weight is 382 g/mol. The zero-order valence-electron chi connectivity index (χ0n) is 15.0. The predicted molar refractivity (Wildman–Crippen MR) is 102 cm³/mol. The monoisotopic (exact) mass is 382 g/mol. The first kappa shape index (κ1) is 17.5. The Balaban J connectivity index is 1.45. The molecule has 1 aromatic carbocycles. The summed E-state index contributed by atoms with van der Waals surface area (Å²) in [6.45, 7) is 3.94. The highest BCUT2D eigenvalue weighted by molar-refractivity contribution is 7.09. The van der Waals surface area contributed by atoms with Gasteiger partial charge in [-0.25, -0.2) is 9.78 Å². The van der Waals surface area contributed by atoms with Gasteiger partial charge in [-0.1, -0.05) is 6.07 Å². The molecule has 0 saturated heterocycles. The number of hydrogen-bond acceptors (Lipinski definition) is 6. The van der Waals surface area contributed by atoms with Crippen molar-refractivity contribution in [1.82, 2.24) is 4.98 Å². The third-order valence-electron chi connectivity index (χ3n) is 4.60. The average Bonchev–Trinajstić information content (AvgIpc) is 3.38. The lowest BCUT2D eigenvalue weighted by Crippen LogP contribution is -2.33. The molecule has 0 aliphatic carbocycles. The maximum atomic E-state index is 12.5. The van der Waals surface area contributed by atoms with Crippen LogP contribution in [0.5, 0.6) is 0 Å². The fourth-order valence-electron chi connectivity index (χ4n) is 3.20. The van der Waals surface area contributed by atoms with Gasteiger partial charge < -0.3 is 14.1 Å². The predicted octanol–water partition coefficient (Wildman–Crippen LogP) is 3.77. The highest BCUT2D eigenvalue weighted by Crippen LogP contribution is 2.32. The Hall–Kier alpha value is -2.93. The zero-order valence-corrected chi connectivity index (χ0v) is 15.8. The molecule has 0 fully saturated rings. The summed E-state index contributed by atoms with van der Waals surface area (Å²) in [6, 6.07) is 7.53. The number of thiazole rings is 1. The normalized spacial score (nSPS) is 12.9. The summed E-state index contributed by atoms with van der Waals surface area (Å²) < 4.78 is 10.2. The Morgan fingerprint density at radius 1 is 1.30 bits per heavy atom. The molecule has 4 rings (SSSR count).